The number of sulfonamides is 1. The summed E-state index contributed by atoms with van der Waals surface area (Å²) in [6.07, 6.45) is 2.80. The number of anilines is 1. The van der Waals surface area contributed by atoms with E-state index in [1.165, 1.54) is 11.5 Å². The topological polar surface area (TPSA) is 80.2 Å². The van der Waals surface area contributed by atoms with Crippen LogP contribution < -0.4 is 10.0 Å². The minimum Gasteiger partial charge on any atom is -0.352 e. The summed E-state index contributed by atoms with van der Waals surface area (Å²) >= 11 is 1.13. The van der Waals surface area contributed by atoms with E-state index in [0.29, 0.717) is 12.1 Å². The van der Waals surface area contributed by atoms with E-state index >= 15 is 0 Å². The molecule has 6 nitrogen and oxygen atoms in total. The van der Waals surface area contributed by atoms with Gasteiger partial charge in [0.2, 0.25) is 0 Å². The highest BCUT2D eigenvalue weighted by Crippen LogP contribution is 2.23. The average Bonchev–Trinajstić information content (AvgIpc) is 3.42. The fourth-order valence-corrected chi connectivity index (χ4v) is 5.34. The number of para-hydroxylation sites is 2. The normalized spacial score (nSPS) is 11.5. The van der Waals surface area contributed by atoms with Gasteiger partial charge in [-0.2, -0.15) is 0 Å². The molecule has 0 aliphatic heterocycles. The van der Waals surface area contributed by atoms with Crippen LogP contribution in [-0.4, -0.2) is 25.4 Å². The summed E-state index contributed by atoms with van der Waals surface area (Å²) in [7, 11) is -3.72. The van der Waals surface area contributed by atoms with Crippen LogP contribution in [-0.2, 0) is 16.6 Å². The summed E-state index contributed by atoms with van der Waals surface area (Å²) in [4.78, 5) is 12.7. The average molecular weight is 440 g/mol. The summed E-state index contributed by atoms with van der Waals surface area (Å²) in [6.45, 7) is 1.26. The van der Waals surface area contributed by atoms with E-state index < -0.39 is 10.0 Å². The van der Waals surface area contributed by atoms with Crippen molar-refractivity contribution in [1.82, 2.24) is 9.88 Å². The van der Waals surface area contributed by atoms with Gasteiger partial charge in [-0.25, -0.2) is 8.42 Å². The lowest BCUT2D eigenvalue weighted by Crippen LogP contribution is -2.26. The molecule has 0 saturated carbocycles. The van der Waals surface area contributed by atoms with Crippen molar-refractivity contribution < 1.29 is 13.2 Å². The third-order valence-corrected chi connectivity index (χ3v) is 7.48. The second kappa shape index (κ2) is 8.73. The van der Waals surface area contributed by atoms with Crippen molar-refractivity contribution in [3.05, 3.63) is 83.9 Å². The first-order valence-corrected chi connectivity index (χ1v) is 11.9. The zero-order chi connectivity index (χ0) is 21.0. The van der Waals surface area contributed by atoms with E-state index in [1.54, 1.807) is 35.7 Å². The van der Waals surface area contributed by atoms with E-state index in [4.69, 9.17) is 0 Å². The third-order valence-electron chi connectivity index (χ3n) is 4.72. The summed E-state index contributed by atoms with van der Waals surface area (Å²) in [5.41, 5.74) is 1.72. The molecule has 0 radical (unpaired) electrons. The van der Waals surface area contributed by atoms with Crippen molar-refractivity contribution in [1.29, 1.82) is 0 Å². The van der Waals surface area contributed by atoms with Crippen LogP contribution in [0.5, 0.6) is 0 Å². The maximum atomic E-state index is 12.7. The molecule has 2 aromatic heterocycles. The zero-order valence-electron chi connectivity index (χ0n) is 16.1. The first-order valence-electron chi connectivity index (χ1n) is 9.52. The molecule has 30 heavy (non-hydrogen) atoms. The maximum Gasteiger partial charge on any atom is 0.271 e. The monoisotopic (exact) mass is 439 g/mol. The van der Waals surface area contributed by atoms with Crippen molar-refractivity contribution in [2.75, 3.05) is 11.3 Å². The van der Waals surface area contributed by atoms with Crippen LogP contribution >= 0.6 is 11.3 Å². The molecule has 0 saturated heterocycles. The van der Waals surface area contributed by atoms with Crippen molar-refractivity contribution in [2.24, 2.45) is 0 Å². The summed E-state index contributed by atoms with van der Waals surface area (Å²) in [5.74, 6) is -0.308. The molecule has 2 N–H and O–H groups in total. The van der Waals surface area contributed by atoms with E-state index in [0.717, 1.165) is 29.8 Å². The Morgan fingerprint density at radius 3 is 2.60 bits per heavy atom. The molecule has 8 heteroatoms. The quantitative estimate of drug-likeness (QED) is 0.401. The number of nitrogens with one attached hydrogen (secondary N) is 2. The molecule has 0 bridgehead atoms. The molecule has 1 amide bonds. The molecular formula is C22H21N3O3S2. The molecule has 2 heterocycles. The molecule has 2 aromatic carbocycles. The minimum atomic E-state index is -3.72. The number of aryl methyl sites for hydroxylation is 1. The Bertz CT molecular complexity index is 1260. The van der Waals surface area contributed by atoms with Gasteiger partial charge >= 0.3 is 0 Å². The van der Waals surface area contributed by atoms with E-state index in [2.05, 4.69) is 32.8 Å². The molecule has 154 valence electrons. The molecule has 0 aliphatic rings. The molecule has 0 fully saturated rings. The van der Waals surface area contributed by atoms with Crippen molar-refractivity contribution >= 4 is 43.9 Å². The predicted molar refractivity (Wildman–Crippen MR) is 120 cm³/mol. The number of amides is 1. The molecule has 0 aliphatic carbocycles. The molecule has 4 aromatic rings. The number of rotatable bonds is 8. The molecule has 0 unspecified atom stereocenters. The highest BCUT2D eigenvalue weighted by Gasteiger charge is 2.19. The number of nitrogens with zero attached hydrogens (tertiary/aromatic N) is 1. The molecule has 0 spiro atoms. The number of hydrogen-bond acceptors (Lipinski definition) is 4. The Hall–Kier alpha value is -3.10. The van der Waals surface area contributed by atoms with Gasteiger partial charge in [0.15, 0.2) is 0 Å². The van der Waals surface area contributed by atoms with Crippen LogP contribution in [0.3, 0.4) is 0 Å². The fraction of sp³-hybridized carbons (Fsp3) is 0.136. The Morgan fingerprint density at radius 2 is 1.77 bits per heavy atom. The number of benzene rings is 2. The Balaban J connectivity index is 1.38. The van der Waals surface area contributed by atoms with Crippen molar-refractivity contribution in [2.45, 2.75) is 17.2 Å². The van der Waals surface area contributed by atoms with Gasteiger partial charge in [0, 0.05) is 24.8 Å². The van der Waals surface area contributed by atoms with Crippen molar-refractivity contribution in [3.63, 3.8) is 0 Å². The number of carbonyl (C=O) groups excluding carboxylic acids is 1. The summed E-state index contributed by atoms with van der Waals surface area (Å²) in [6, 6.07) is 20.0. The van der Waals surface area contributed by atoms with Crippen molar-refractivity contribution in [3.8, 4) is 0 Å². The predicted octanol–water partition coefficient (Wildman–Crippen LogP) is 4.32. The van der Waals surface area contributed by atoms with Gasteiger partial charge in [-0.05, 0) is 47.5 Å². The molecule has 0 atom stereocenters. The number of aromatic nitrogens is 1. The smallest absolute Gasteiger partial charge is 0.271 e. The van der Waals surface area contributed by atoms with Crippen LogP contribution in [0.1, 0.15) is 16.8 Å². The largest absolute Gasteiger partial charge is 0.352 e. The molecular weight excluding hydrogens is 418 g/mol. The highest BCUT2D eigenvalue weighted by atomic mass is 32.2. The first-order chi connectivity index (χ1) is 14.5. The Morgan fingerprint density at radius 1 is 0.967 bits per heavy atom. The SMILES string of the molecule is O=C(NCCCn1ccc2ccccc21)c1ccccc1NS(=O)(=O)c1cccs1. The number of fused-ring (bicyclic) bond motifs is 1. The Labute approximate surface area is 179 Å². The van der Waals surface area contributed by atoms with Gasteiger partial charge in [0.25, 0.3) is 15.9 Å². The van der Waals surface area contributed by atoms with Gasteiger partial charge in [-0.15, -0.1) is 11.3 Å². The Kier molecular flexibility index (Phi) is 5.87. The number of carbonyl (C=O) groups is 1. The van der Waals surface area contributed by atoms with E-state index in [-0.39, 0.29) is 15.8 Å². The van der Waals surface area contributed by atoms with Crippen LogP contribution in [0.4, 0.5) is 5.69 Å². The third kappa shape index (κ3) is 4.39. The van der Waals surface area contributed by atoms with Crippen LogP contribution in [0.25, 0.3) is 10.9 Å². The van der Waals surface area contributed by atoms with Gasteiger partial charge in [-0.1, -0.05) is 36.4 Å². The van der Waals surface area contributed by atoms with Gasteiger partial charge in [-0.3, -0.25) is 9.52 Å². The minimum absolute atomic E-state index is 0.205. The van der Waals surface area contributed by atoms with Crippen LogP contribution in [0.2, 0.25) is 0 Å². The summed E-state index contributed by atoms with van der Waals surface area (Å²) < 4.78 is 29.9. The lowest BCUT2D eigenvalue weighted by molar-refractivity contribution is 0.0953. The van der Waals surface area contributed by atoms with Crippen LogP contribution in [0.15, 0.2) is 82.5 Å². The number of thiophene rings is 1. The lowest BCUT2D eigenvalue weighted by Gasteiger charge is -2.12. The van der Waals surface area contributed by atoms with E-state index in [1.807, 2.05) is 18.3 Å². The highest BCUT2D eigenvalue weighted by molar-refractivity contribution is 7.94. The van der Waals surface area contributed by atoms with Gasteiger partial charge < -0.3 is 9.88 Å². The van der Waals surface area contributed by atoms with E-state index in [9.17, 15) is 13.2 Å². The number of hydrogen-bond donors (Lipinski definition) is 2. The summed E-state index contributed by atoms with van der Waals surface area (Å²) in [5, 5.41) is 5.77. The van der Waals surface area contributed by atoms with Gasteiger partial charge in [0.1, 0.15) is 4.21 Å². The second-order valence-electron chi connectivity index (χ2n) is 6.76. The fourth-order valence-electron chi connectivity index (χ4n) is 3.26. The first kappa shape index (κ1) is 20.2. The van der Waals surface area contributed by atoms with Crippen LogP contribution in [0, 0.1) is 0 Å². The molecule has 4 rings (SSSR count). The lowest BCUT2D eigenvalue weighted by atomic mass is 10.1. The zero-order valence-corrected chi connectivity index (χ0v) is 17.7. The standard InChI is InChI=1S/C22H21N3O3S2/c26-22(23-13-6-14-25-15-12-17-7-1-4-10-20(17)25)18-8-2-3-9-19(18)24-30(27,28)21-11-5-16-29-21/h1-5,7-12,15-16,24H,6,13-14H2,(H,23,26). The van der Waals surface area contributed by atoms with Gasteiger partial charge in [0.05, 0.1) is 11.3 Å². The second-order valence-corrected chi connectivity index (χ2v) is 9.62. The maximum absolute atomic E-state index is 12.7.